The average molecular weight is 470 g/mol. The number of benzene rings is 2. The number of halogens is 2. The number of ether oxygens (including phenoxy) is 3. The molecule has 0 bridgehead atoms. The lowest BCUT2D eigenvalue weighted by Gasteiger charge is -2.22. The van der Waals surface area contributed by atoms with Crippen LogP contribution < -0.4 is 10.1 Å². The van der Waals surface area contributed by atoms with Crippen molar-refractivity contribution in [2.45, 2.75) is 45.3 Å². The number of hydrogen-bond acceptors (Lipinski definition) is 5. The summed E-state index contributed by atoms with van der Waals surface area (Å²) in [5.41, 5.74) is 2.28. The summed E-state index contributed by atoms with van der Waals surface area (Å²) in [6, 6.07) is 15.9. The summed E-state index contributed by atoms with van der Waals surface area (Å²) in [6.07, 6.45) is 2.98. The van der Waals surface area contributed by atoms with Crippen LogP contribution in [0.15, 0.2) is 48.5 Å². The van der Waals surface area contributed by atoms with Crippen molar-refractivity contribution in [2.75, 3.05) is 26.9 Å². The summed E-state index contributed by atoms with van der Waals surface area (Å²) in [7, 11) is 1.34. The van der Waals surface area contributed by atoms with Crippen molar-refractivity contribution in [3.8, 4) is 5.75 Å². The first-order valence-electron chi connectivity index (χ1n) is 10.4. The third-order valence-electron chi connectivity index (χ3n) is 4.74. The van der Waals surface area contributed by atoms with E-state index in [0.29, 0.717) is 12.3 Å². The van der Waals surface area contributed by atoms with Crippen molar-refractivity contribution in [1.29, 1.82) is 0 Å². The number of carbonyl (C=O) groups excluding carboxylic acids is 1. The summed E-state index contributed by atoms with van der Waals surface area (Å²) >= 11 is 6.17. The Morgan fingerprint density at radius 3 is 2.55 bits per heavy atom. The van der Waals surface area contributed by atoms with Crippen LogP contribution in [0, 0.1) is 0 Å². The van der Waals surface area contributed by atoms with Crippen LogP contribution in [-0.4, -0.2) is 38.9 Å². The number of carbonyl (C=O) groups is 1. The van der Waals surface area contributed by atoms with E-state index in [2.05, 4.69) is 30.0 Å². The number of hydrogen-bond donors (Lipinski definition) is 1. The van der Waals surface area contributed by atoms with Gasteiger partial charge >= 0.3 is 5.97 Å². The van der Waals surface area contributed by atoms with Crippen molar-refractivity contribution in [1.82, 2.24) is 5.32 Å². The third kappa shape index (κ3) is 10.4. The Labute approximate surface area is 196 Å². The van der Waals surface area contributed by atoms with Gasteiger partial charge in [0.15, 0.2) is 6.61 Å². The highest BCUT2D eigenvalue weighted by Crippen LogP contribution is 2.21. The monoisotopic (exact) mass is 469 g/mol. The first kappa shape index (κ1) is 27.2. The van der Waals surface area contributed by atoms with Gasteiger partial charge in [0.1, 0.15) is 5.75 Å². The maximum absolute atomic E-state index is 11.2. The lowest BCUT2D eigenvalue weighted by Crippen LogP contribution is -2.33. The Morgan fingerprint density at radius 1 is 1.16 bits per heavy atom. The second-order valence-electron chi connectivity index (χ2n) is 7.29. The zero-order chi connectivity index (χ0) is 21.8. The topological polar surface area (TPSA) is 56.8 Å². The van der Waals surface area contributed by atoms with Crippen LogP contribution in [0.25, 0.3) is 0 Å². The minimum atomic E-state index is -0.396. The zero-order valence-electron chi connectivity index (χ0n) is 18.4. The Bertz CT molecular complexity index is 770. The molecule has 0 spiro atoms. The van der Waals surface area contributed by atoms with Crippen LogP contribution in [0.4, 0.5) is 0 Å². The van der Waals surface area contributed by atoms with Crippen LogP contribution in [0.1, 0.15) is 43.9 Å². The Balaban J connectivity index is 0.00000480. The molecule has 2 atom stereocenters. The molecule has 31 heavy (non-hydrogen) atoms. The predicted octanol–water partition coefficient (Wildman–Crippen LogP) is 5.39. The molecule has 0 saturated heterocycles. The Hall–Kier alpha value is -1.79. The van der Waals surface area contributed by atoms with Gasteiger partial charge in [0, 0.05) is 24.2 Å². The molecule has 0 heterocycles. The maximum atomic E-state index is 11.2. The molecular weight excluding hydrogens is 437 g/mol. The van der Waals surface area contributed by atoms with Gasteiger partial charge in [-0.25, -0.2) is 4.79 Å². The minimum absolute atomic E-state index is 0. The van der Waals surface area contributed by atoms with E-state index in [0.717, 1.165) is 36.5 Å². The number of esters is 1. The molecule has 0 aliphatic carbocycles. The number of methoxy groups -OCH3 is 1. The van der Waals surface area contributed by atoms with Gasteiger partial charge in [-0.1, -0.05) is 49.2 Å². The van der Waals surface area contributed by atoms with E-state index in [1.54, 1.807) is 0 Å². The molecule has 1 N–H and O–H groups in total. The maximum Gasteiger partial charge on any atom is 0.343 e. The summed E-state index contributed by atoms with van der Waals surface area (Å²) in [5, 5.41) is 4.30. The van der Waals surface area contributed by atoms with Gasteiger partial charge in [-0.2, -0.15) is 0 Å². The normalized spacial score (nSPS) is 12.5. The Morgan fingerprint density at radius 2 is 1.90 bits per heavy atom. The summed E-state index contributed by atoms with van der Waals surface area (Å²) in [4.78, 5) is 11.2. The quantitative estimate of drug-likeness (QED) is 0.314. The van der Waals surface area contributed by atoms with Crippen molar-refractivity contribution < 1.29 is 19.0 Å². The van der Waals surface area contributed by atoms with Crippen LogP contribution in [0.3, 0.4) is 0 Å². The van der Waals surface area contributed by atoms with Gasteiger partial charge in [-0.05, 0) is 55.2 Å². The van der Waals surface area contributed by atoms with Crippen LogP contribution in [0.2, 0.25) is 5.02 Å². The molecule has 0 radical (unpaired) electrons. The molecule has 0 amide bonds. The van der Waals surface area contributed by atoms with Crippen LogP contribution in [-0.2, 0) is 20.7 Å². The number of rotatable bonds is 13. The molecule has 0 aliphatic heterocycles. The zero-order valence-corrected chi connectivity index (χ0v) is 20.0. The van der Waals surface area contributed by atoms with Crippen LogP contribution >= 0.6 is 24.0 Å². The van der Waals surface area contributed by atoms with Crippen LogP contribution in [0.5, 0.6) is 5.75 Å². The van der Waals surface area contributed by atoms with E-state index in [1.807, 2.05) is 42.5 Å². The molecule has 2 aromatic rings. The standard InChI is InChI=1S/C24H32ClNO4.ClH/c1-4-5-13-29-23(20-7-6-8-21(25)15-20)16-26-18(2)14-19-9-11-22(12-10-19)30-17-24(27)28-3;/h6-12,15,18,23,26H,4-5,13-14,16-17H2,1-3H3;1H. The lowest BCUT2D eigenvalue weighted by molar-refractivity contribution is -0.142. The smallest absolute Gasteiger partial charge is 0.343 e. The second-order valence-corrected chi connectivity index (χ2v) is 7.73. The van der Waals surface area contributed by atoms with Gasteiger partial charge in [0.05, 0.1) is 13.2 Å². The fourth-order valence-electron chi connectivity index (χ4n) is 3.01. The van der Waals surface area contributed by atoms with Gasteiger partial charge in [0.2, 0.25) is 0 Å². The first-order chi connectivity index (χ1) is 14.5. The molecule has 0 saturated carbocycles. The number of nitrogens with one attached hydrogen (secondary N) is 1. The van der Waals surface area contributed by atoms with E-state index in [-0.39, 0.29) is 31.2 Å². The highest BCUT2D eigenvalue weighted by molar-refractivity contribution is 6.30. The SMILES string of the molecule is CCCCOC(CNC(C)Cc1ccc(OCC(=O)OC)cc1)c1cccc(Cl)c1.Cl. The van der Waals surface area contributed by atoms with Gasteiger partial charge < -0.3 is 19.5 Å². The highest BCUT2D eigenvalue weighted by atomic mass is 35.5. The highest BCUT2D eigenvalue weighted by Gasteiger charge is 2.14. The lowest BCUT2D eigenvalue weighted by atomic mass is 10.1. The molecule has 2 unspecified atom stereocenters. The fraction of sp³-hybridized carbons (Fsp3) is 0.458. The molecule has 2 aromatic carbocycles. The molecule has 0 aromatic heterocycles. The van der Waals surface area contributed by atoms with E-state index in [1.165, 1.54) is 12.7 Å². The van der Waals surface area contributed by atoms with Crippen molar-refractivity contribution in [2.24, 2.45) is 0 Å². The molecule has 0 aliphatic rings. The largest absolute Gasteiger partial charge is 0.482 e. The van der Waals surface area contributed by atoms with Gasteiger partial charge in [-0.3, -0.25) is 0 Å². The van der Waals surface area contributed by atoms with E-state index >= 15 is 0 Å². The molecule has 0 fully saturated rings. The van der Waals surface area contributed by atoms with Crippen molar-refractivity contribution in [3.63, 3.8) is 0 Å². The second kappa shape index (κ2) is 15.1. The first-order valence-corrected chi connectivity index (χ1v) is 10.8. The van der Waals surface area contributed by atoms with Crippen molar-refractivity contribution >= 4 is 30.0 Å². The third-order valence-corrected chi connectivity index (χ3v) is 4.97. The van der Waals surface area contributed by atoms with Crippen molar-refractivity contribution in [3.05, 3.63) is 64.7 Å². The molecule has 5 nitrogen and oxygen atoms in total. The average Bonchev–Trinajstić information content (AvgIpc) is 2.75. The van der Waals surface area contributed by atoms with E-state index < -0.39 is 5.97 Å². The predicted molar refractivity (Wildman–Crippen MR) is 127 cm³/mol. The van der Waals surface area contributed by atoms with E-state index in [9.17, 15) is 4.79 Å². The molecule has 7 heteroatoms. The minimum Gasteiger partial charge on any atom is -0.482 e. The van der Waals surface area contributed by atoms with Gasteiger partial charge in [0.25, 0.3) is 0 Å². The van der Waals surface area contributed by atoms with E-state index in [4.69, 9.17) is 21.1 Å². The number of unbranched alkanes of at least 4 members (excludes halogenated alkanes) is 1. The Kier molecular flexibility index (Phi) is 13.3. The summed E-state index contributed by atoms with van der Waals surface area (Å²) in [5.74, 6) is 0.252. The molecular formula is C24H33Cl2NO4. The summed E-state index contributed by atoms with van der Waals surface area (Å²) in [6.45, 7) is 5.67. The molecule has 172 valence electrons. The van der Waals surface area contributed by atoms with Gasteiger partial charge in [-0.15, -0.1) is 12.4 Å². The molecule has 2 rings (SSSR count). The summed E-state index contributed by atoms with van der Waals surface area (Å²) < 4.78 is 16.1. The fourth-order valence-corrected chi connectivity index (χ4v) is 3.21.